The highest BCUT2D eigenvalue weighted by Crippen LogP contribution is 2.38. The molecule has 3 aliphatic rings. The number of nitrogens with zero attached hydrogens (tertiary/aromatic N) is 4. The zero-order valence-electron chi connectivity index (χ0n) is 15.0. The van der Waals surface area contributed by atoms with Gasteiger partial charge in [-0.25, -0.2) is 0 Å². The van der Waals surface area contributed by atoms with Crippen molar-refractivity contribution in [3.63, 3.8) is 0 Å². The van der Waals surface area contributed by atoms with Crippen LogP contribution in [0.15, 0.2) is 23.6 Å². The van der Waals surface area contributed by atoms with Gasteiger partial charge < -0.3 is 9.64 Å². The van der Waals surface area contributed by atoms with Crippen molar-refractivity contribution in [3.05, 3.63) is 29.3 Å². The number of fused-ring (bicyclic) bond motifs is 1. The van der Waals surface area contributed by atoms with Crippen LogP contribution in [-0.2, 0) is 11.8 Å². The van der Waals surface area contributed by atoms with E-state index in [4.69, 9.17) is 4.74 Å². The van der Waals surface area contributed by atoms with Gasteiger partial charge in [-0.3, -0.25) is 14.4 Å². The minimum Gasteiger partial charge on any atom is -0.378 e. The van der Waals surface area contributed by atoms with E-state index in [1.54, 1.807) is 16.0 Å². The molecule has 0 radical (unpaired) electrons. The molecule has 2 saturated heterocycles. The van der Waals surface area contributed by atoms with Crippen LogP contribution in [0, 0.1) is 5.92 Å². The fraction of sp³-hybridized carbons (Fsp3) is 0.579. The van der Waals surface area contributed by atoms with Crippen LogP contribution in [0.25, 0.3) is 10.6 Å². The predicted molar refractivity (Wildman–Crippen MR) is 100 cm³/mol. The molecule has 7 heteroatoms. The Kier molecular flexibility index (Phi) is 4.10. The van der Waals surface area contributed by atoms with Gasteiger partial charge in [-0.05, 0) is 36.3 Å². The van der Waals surface area contributed by atoms with E-state index in [-0.39, 0.29) is 5.91 Å². The van der Waals surface area contributed by atoms with Crippen LogP contribution in [0.2, 0.25) is 0 Å². The summed E-state index contributed by atoms with van der Waals surface area (Å²) in [6.45, 7) is 4.09. The lowest BCUT2D eigenvalue weighted by Gasteiger charge is -2.48. The Morgan fingerprint density at radius 2 is 2.19 bits per heavy atom. The van der Waals surface area contributed by atoms with Crippen LogP contribution in [0.3, 0.4) is 0 Å². The second-order valence-corrected chi connectivity index (χ2v) is 8.55. The molecule has 2 aliphatic heterocycles. The maximum Gasteiger partial charge on any atom is 0.272 e. The van der Waals surface area contributed by atoms with Crippen molar-refractivity contribution in [2.75, 3.05) is 32.8 Å². The highest BCUT2D eigenvalue weighted by atomic mass is 32.1. The first-order valence-corrected chi connectivity index (χ1v) is 10.3. The van der Waals surface area contributed by atoms with E-state index in [1.165, 1.54) is 12.8 Å². The van der Waals surface area contributed by atoms with Crippen molar-refractivity contribution in [1.29, 1.82) is 0 Å². The quantitative estimate of drug-likeness (QED) is 0.828. The lowest BCUT2D eigenvalue weighted by Crippen LogP contribution is -2.63. The third kappa shape index (κ3) is 2.88. The number of thiophene rings is 1. The van der Waals surface area contributed by atoms with Gasteiger partial charge in [0, 0.05) is 32.7 Å². The zero-order valence-corrected chi connectivity index (χ0v) is 15.8. The SMILES string of the molecule is Cn1nc(-c2cccs2)cc1C(=O)N1CCN2[C@@H](COC[C@@H]2C2CC2)C1. The number of morpholine rings is 1. The highest BCUT2D eigenvalue weighted by Gasteiger charge is 2.43. The molecular weight excluding hydrogens is 348 g/mol. The van der Waals surface area contributed by atoms with Gasteiger partial charge >= 0.3 is 0 Å². The number of ether oxygens (including phenoxy) is 1. The Morgan fingerprint density at radius 3 is 2.96 bits per heavy atom. The molecule has 4 heterocycles. The van der Waals surface area contributed by atoms with Crippen LogP contribution >= 0.6 is 11.3 Å². The fourth-order valence-electron chi connectivity index (χ4n) is 4.32. The molecule has 2 atom stereocenters. The Bertz CT molecular complexity index is 799. The number of rotatable bonds is 3. The van der Waals surface area contributed by atoms with E-state index in [0.717, 1.165) is 49.3 Å². The van der Waals surface area contributed by atoms with Crippen LogP contribution in [0.5, 0.6) is 0 Å². The van der Waals surface area contributed by atoms with Gasteiger partial charge in [-0.2, -0.15) is 5.10 Å². The third-order valence-electron chi connectivity index (χ3n) is 5.88. The first-order chi connectivity index (χ1) is 12.7. The molecular formula is C19H24N4O2S. The van der Waals surface area contributed by atoms with Crippen LogP contribution < -0.4 is 0 Å². The van der Waals surface area contributed by atoms with Crippen molar-refractivity contribution in [2.45, 2.75) is 24.9 Å². The van der Waals surface area contributed by atoms with E-state index < -0.39 is 0 Å². The van der Waals surface area contributed by atoms with E-state index >= 15 is 0 Å². The summed E-state index contributed by atoms with van der Waals surface area (Å²) in [5.74, 6) is 0.890. The van der Waals surface area contributed by atoms with Gasteiger partial charge in [0.1, 0.15) is 11.4 Å². The monoisotopic (exact) mass is 372 g/mol. The summed E-state index contributed by atoms with van der Waals surface area (Å²) in [4.78, 5) is 18.8. The van der Waals surface area contributed by atoms with Crippen molar-refractivity contribution in [2.24, 2.45) is 13.0 Å². The van der Waals surface area contributed by atoms with Gasteiger partial charge in [0.05, 0.1) is 24.1 Å². The second-order valence-electron chi connectivity index (χ2n) is 7.60. The molecule has 2 aromatic heterocycles. The van der Waals surface area contributed by atoms with Crippen LogP contribution in [0.1, 0.15) is 23.3 Å². The molecule has 2 aromatic rings. The van der Waals surface area contributed by atoms with Gasteiger partial charge in [0.15, 0.2) is 0 Å². The molecule has 138 valence electrons. The summed E-state index contributed by atoms with van der Waals surface area (Å²) in [5, 5.41) is 6.57. The number of aryl methyl sites for hydroxylation is 1. The maximum absolute atomic E-state index is 13.1. The van der Waals surface area contributed by atoms with Gasteiger partial charge in [0.2, 0.25) is 0 Å². The number of carbonyl (C=O) groups excluding carboxylic acids is 1. The normalized spacial score (nSPS) is 26.7. The Labute approximate surface area is 157 Å². The summed E-state index contributed by atoms with van der Waals surface area (Å²) >= 11 is 1.65. The molecule has 0 N–H and O–H groups in total. The summed E-state index contributed by atoms with van der Waals surface area (Å²) in [7, 11) is 1.85. The van der Waals surface area contributed by atoms with Crippen molar-refractivity contribution in [1.82, 2.24) is 19.6 Å². The van der Waals surface area contributed by atoms with Crippen molar-refractivity contribution in [3.8, 4) is 10.6 Å². The zero-order chi connectivity index (χ0) is 17.7. The van der Waals surface area contributed by atoms with Gasteiger partial charge in [0.25, 0.3) is 5.91 Å². The molecule has 1 aliphatic carbocycles. The summed E-state index contributed by atoms with van der Waals surface area (Å²) in [5.41, 5.74) is 1.54. The molecule has 5 rings (SSSR count). The van der Waals surface area contributed by atoms with E-state index in [0.29, 0.717) is 17.8 Å². The lowest BCUT2D eigenvalue weighted by atomic mass is 10.0. The van der Waals surface area contributed by atoms with Crippen molar-refractivity contribution >= 4 is 17.2 Å². The number of aromatic nitrogens is 2. The Morgan fingerprint density at radius 1 is 1.31 bits per heavy atom. The standard InChI is InChI=1S/C19H24N4O2S/c1-21-16(9-15(20-21)18-3-2-8-26-18)19(24)22-6-7-23-14(10-22)11-25-12-17(23)13-4-5-13/h2-3,8-9,13-14,17H,4-7,10-12H2,1H3/t14-,17-/m1/s1. The van der Waals surface area contributed by atoms with Crippen LogP contribution in [0.4, 0.5) is 0 Å². The molecule has 1 amide bonds. The first kappa shape index (κ1) is 16.5. The molecule has 0 bridgehead atoms. The molecule has 3 fully saturated rings. The number of piperazine rings is 1. The number of carbonyl (C=O) groups is 1. The number of amides is 1. The molecule has 0 unspecified atom stereocenters. The van der Waals surface area contributed by atoms with Gasteiger partial charge in [-0.15, -0.1) is 11.3 Å². The smallest absolute Gasteiger partial charge is 0.272 e. The Balaban J connectivity index is 1.32. The highest BCUT2D eigenvalue weighted by molar-refractivity contribution is 7.13. The van der Waals surface area contributed by atoms with E-state index in [1.807, 2.05) is 35.5 Å². The Hall–Kier alpha value is -1.70. The third-order valence-corrected chi connectivity index (χ3v) is 6.77. The van der Waals surface area contributed by atoms with E-state index in [9.17, 15) is 4.79 Å². The largest absolute Gasteiger partial charge is 0.378 e. The lowest BCUT2D eigenvalue weighted by molar-refractivity contribution is -0.0817. The van der Waals surface area contributed by atoms with E-state index in [2.05, 4.69) is 10.00 Å². The summed E-state index contributed by atoms with van der Waals surface area (Å²) in [6, 6.07) is 6.86. The number of hydrogen-bond donors (Lipinski definition) is 0. The topological polar surface area (TPSA) is 50.6 Å². The van der Waals surface area contributed by atoms with Gasteiger partial charge in [-0.1, -0.05) is 6.07 Å². The summed E-state index contributed by atoms with van der Waals surface area (Å²) in [6.07, 6.45) is 2.67. The average Bonchev–Trinajstić information content (AvgIpc) is 3.21. The summed E-state index contributed by atoms with van der Waals surface area (Å²) < 4.78 is 7.58. The minimum atomic E-state index is 0.0796. The minimum absolute atomic E-state index is 0.0796. The molecule has 26 heavy (non-hydrogen) atoms. The fourth-order valence-corrected chi connectivity index (χ4v) is 5.00. The average molecular weight is 372 g/mol. The van der Waals surface area contributed by atoms with Crippen LogP contribution in [-0.4, -0.2) is 70.4 Å². The second kappa shape index (κ2) is 6.48. The number of hydrogen-bond acceptors (Lipinski definition) is 5. The maximum atomic E-state index is 13.1. The molecule has 0 aromatic carbocycles. The predicted octanol–water partition coefficient (Wildman–Crippen LogP) is 2.08. The molecule has 0 spiro atoms. The first-order valence-electron chi connectivity index (χ1n) is 9.41. The molecule has 1 saturated carbocycles. The molecule has 6 nitrogen and oxygen atoms in total. The van der Waals surface area contributed by atoms with Crippen molar-refractivity contribution < 1.29 is 9.53 Å².